The van der Waals surface area contributed by atoms with Gasteiger partial charge >= 0.3 is 0 Å². The highest BCUT2D eigenvalue weighted by Gasteiger charge is 2.12. The van der Waals surface area contributed by atoms with Crippen LogP contribution in [0.15, 0.2) is 41.0 Å². The van der Waals surface area contributed by atoms with E-state index in [1.54, 1.807) is 30.3 Å². The summed E-state index contributed by atoms with van der Waals surface area (Å²) >= 11 is 9.19. The van der Waals surface area contributed by atoms with Crippen molar-refractivity contribution in [2.24, 2.45) is 0 Å². The molecule has 0 aliphatic carbocycles. The summed E-state index contributed by atoms with van der Waals surface area (Å²) in [4.78, 5) is 15.9. The molecule has 0 fully saturated rings. The first-order chi connectivity index (χ1) is 8.58. The van der Waals surface area contributed by atoms with Gasteiger partial charge in [-0.25, -0.2) is 4.98 Å². The van der Waals surface area contributed by atoms with E-state index in [1.807, 2.05) is 0 Å². The summed E-state index contributed by atoms with van der Waals surface area (Å²) in [6, 6.07) is 8.40. The molecule has 4 nitrogen and oxygen atoms in total. The minimum atomic E-state index is -0.379. The lowest BCUT2D eigenvalue weighted by molar-refractivity contribution is 0.102. The van der Waals surface area contributed by atoms with Crippen LogP contribution in [0.5, 0.6) is 0 Å². The first-order valence-corrected chi connectivity index (χ1v) is 6.22. The summed E-state index contributed by atoms with van der Waals surface area (Å²) in [6.07, 6.45) is 1.51. The lowest BCUT2D eigenvalue weighted by Crippen LogP contribution is -2.16. The third-order valence-corrected chi connectivity index (χ3v) is 3.16. The topological polar surface area (TPSA) is 68.0 Å². The molecule has 1 aromatic carbocycles. The Morgan fingerprint density at radius 1 is 1.39 bits per heavy atom. The lowest BCUT2D eigenvalue weighted by Gasteiger charge is -2.08. The number of benzene rings is 1. The summed E-state index contributed by atoms with van der Waals surface area (Å²) in [5.41, 5.74) is 6.76. The van der Waals surface area contributed by atoms with Gasteiger partial charge in [0.15, 0.2) is 5.69 Å². The van der Waals surface area contributed by atoms with E-state index < -0.39 is 0 Å². The van der Waals surface area contributed by atoms with Crippen molar-refractivity contribution in [3.8, 4) is 0 Å². The number of pyridine rings is 1. The average molecular weight is 327 g/mol. The largest absolute Gasteiger partial charge is 0.397 e. The Hall–Kier alpha value is -1.59. The van der Waals surface area contributed by atoms with Crippen LogP contribution < -0.4 is 11.1 Å². The Labute approximate surface area is 117 Å². The highest BCUT2D eigenvalue weighted by Crippen LogP contribution is 2.26. The number of nitrogens with two attached hydrogens (primary N) is 1. The number of hydrogen-bond acceptors (Lipinski definition) is 3. The zero-order valence-corrected chi connectivity index (χ0v) is 11.5. The number of rotatable bonds is 2. The molecule has 0 unspecified atom stereocenters. The van der Waals surface area contributed by atoms with E-state index in [-0.39, 0.29) is 11.6 Å². The molecule has 18 heavy (non-hydrogen) atoms. The fourth-order valence-electron chi connectivity index (χ4n) is 1.38. The summed E-state index contributed by atoms with van der Waals surface area (Å²) in [7, 11) is 0. The quantitative estimate of drug-likeness (QED) is 0.889. The second-order valence-corrected chi connectivity index (χ2v) is 4.81. The third kappa shape index (κ3) is 2.80. The van der Waals surface area contributed by atoms with Crippen molar-refractivity contribution < 1.29 is 4.79 Å². The number of anilines is 2. The van der Waals surface area contributed by atoms with Crippen molar-refractivity contribution in [1.82, 2.24) is 4.98 Å². The van der Waals surface area contributed by atoms with E-state index in [0.717, 1.165) is 4.47 Å². The van der Waals surface area contributed by atoms with E-state index in [9.17, 15) is 4.79 Å². The van der Waals surface area contributed by atoms with Gasteiger partial charge in [-0.15, -0.1) is 0 Å². The molecule has 0 radical (unpaired) electrons. The van der Waals surface area contributed by atoms with E-state index >= 15 is 0 Å². The fourth-order valence-corrected chi connectivity index (χ4v) is 1.90. The zero-order chi connectivity index (χ0) is 13.1. The second-order valence-electron chi connectivity index (χ2n) is 3.52. The maximum absolute atomic E-state index is 12.0. The number of halogens is 2. The molecule has 0 spiro atoms. The van der Waals surface area contributed by atoms with Crippen LogP contribution in [0.2, 0.25) is 5.02 Å². The summed E-state index contributed by atoms with van der Waals surface area (Å²) in [6.45, 7) is 0. The summed E-state index contributed by atoms with van der Waals surface area (Å²) in [5.74, 6) is -0.379. The van der Waals surface area contributed by atoms with Crippen LogP contribution in [0, 0.1) is 0 Å². The maximum atomic E-state index is 12.0. The van der Waals surface area contributed by atoms with Gasteiger partial charge in [-0.3, -0.25) is 4.79 Å². The van der Waals surface area contributed by atoms with Crippen LogP contribution in [0.4, 0.5) is 11.4 Å². The molecule has 6 heteroatoms. The van der Waals surface area contributed by atoms with Gasteiger partial charge in [-0.05, 0) is 46.3 Å². The second kappa shape index (κ2) is 5.37. The first-order valence-electron chi connectivity index (χ1n) is 5.05. The minimum Gasteiger partial charge on any atom is -0.397 e. The van der Waals surface area contributed by atoms with Crippen LogP contribution in [0.1, 0.15) is 10.5 Å². The molecule has 0 bridgehead atoms. The van der Waals surface area contributed by atoms with Crippen molar-refractivity contribution in [2.75, 3.05) is 11.1 Å². The SMILES string of the molecule is Nc1cccnc1C(=O)Nc1cc(Cl)ccc1Br. The number of carbonyl (C=O) groups excluding carboxylic acids is 1. The van der Waals surface area contributed by atoms with E-state index in [2.05, 4.69) is 26.2 Å². The number of hydrogen-bond donors (Lipinski definition) is 2. The molecule has 2 rings (SSSR count). The van der Waals surface area contributed by atoms with E-state index in [0.29, 0.717) is 16.4 Å². The fraction of sp³-hybridized carbons (Fsp3) is 0. The lowest BCUT2D eigenvalue weighted by atomic mass is 10.2. The van der Waals surface area contributed by atoms with Crippen LogP contribution in [0.25, 0.3) is 0 Å². The Bertz CT molecular complexity index is 604. The monoisotopic (exact) mass is 325 g/mol. The van der Waals surface area contributed by atoms with Crippen LogP contribution >= 0.6 is 27.5 Å². The number of nitrogens with one attached hydrogen (secondary N) is 1. The molecule has 92 valence electrons. The molecule has 3 N–H and O–H groups in total. The van der Waals surface area contributed by atoms with Crippen molar-refractivity contribution in [2.45, 2.75) is 0 Å². The van der Waals surface area contributed by atoms with Crippen LogP contribution in [0.3, 0.4) is 0 Å². The number of amides is 1. The molecule has 0 saturated carbocycles. The van der Waals surface area contributed by atoms with Gasteiger partial charge in [0.25, 0.3) is 5.91 Å². The summed E-state index contributed by atoms with van der Waals surface area (Å²) < 4.78 is 0.731. The highest BCUT2D eigenvalue weighted by atomic mass is 79.9. The Balaban J connectivity index is 2.27. The van der Waals surface area contributed by atoms with Crippen LogP contribution in [-0.2, 0) is 0 Å². The molecule has 0 atom stereocenters. The Morgan fingerprint density at radius 3 is 2.89 bits per heavy atom. The van der Waals surface area contributed by atoms with Crippen molar-refractivity contribution in [3.63, 3.8) is 0 Å². The van der Waals surface area contributed by atoms with Crippen molar-refractivity contribution in [1.29, 1.82) is 0 Å². The average Bonchev–Trinajstić information content (AvgIpc) is 2.34. The van der Waals surface area contributed by atoms with E-state index in [4.69, 9.17) is 17.3 Å². The van der Waals surface area contributed by atoms with Gasteiger partial charge in [0.05, 0.1) is 11.4 Å². The first kappa shape index (κ1) is 12.9. The van der Waals surface area contributed by atoms with Crippen LogP contribution in [-0.4, -0.2) is 10.9 Å². The molecule has 0 aliphatic heterocycles. The van der Waals surface area contributed by atoms with Gasteiger partial charge in [0.2, 0.25) is 0 Å². The molecular formula is C12H9BrClN3O. The number of carbonyl (C=O) groups is 1. The molecule has 1 aromatic heterocycles. The molecule has 0 aliphatic rings. The predicted molar refractivity (Wildman–Crippen MR) is 75.8 cm³/mol. The van der Waals surface area contributed by atoms with Gasteiger partial charge in [-0.1, -0.05) is 11.6 Å². The number of aromatic nitrogens is 1. The smallest absolute Gasteiger partial charge is 0.276 e. The highest BCUT2D eigenvalue weighted by molar-refractivity contribution is 9.10. The van der Waals surface area contributed by atoms with Crippen molar-refractivity contribution in [3.05, 3.63) is 51.7 Å². The molecule has 1 amide bonds. The Morgan fingerprint density at radius 2 is 2.17 bits per heavy atom. The summed E-state index contributed by atoms with van der Waals surface area (Å²) in [5, 5.41) is 3.23. The number of nitrogens with zero attached hydrogens (tertiary/aromatic N) is 1. The standard InChI is InChI=1S/C12H9BrClN3O/c13-8-4-3-7(14)6-10(8)17-12(18)11-9(15)2-1-5-16-11/h1-6H,15H2,(H,17,18). The van der Waals surface area contributed by atoms with Crippen molar-refractivity contribution >= 4 is 44.8 Å². The molecule has 1 heterocycles. The molecular weight excluding hydrogens is 318 g/mol. The third-order valence-electron chi connectivity index (χ3n) is 2.23. The molecule has 0 saturated heterocycles. The normalized spacial score (nSPS) is 10.1. The minimum absolute atomic E-state index is 0.185. The maximum Gasteiger partial charge on any atom is 0.276 e. The zero-order valence-electron chi connectivity index (χ0n) is 9.15. The number of nitrogen functional groups attached to an aromatic ring is 1. The van der Waals surface area contributed by atoms with Gasteiger partial charge in [0, 0.05) is 15.7 Å². The molecule has 2 aromatic rings. The Kier molecular flexibility index (Phi) is 3.84. The van der Waals surface area contributed by atoms with Gasteiger partial charge < -0.3 is 11.1 Å². The van der Waals surface area contributed by atoms with Gasteiger partial charge in [0.1, 0.15) is 0 Å². The van der Waals surface area contributed by atoms with E-state index in [1.165, 1.54) is 6.20 Å². The predicted octanol–water partition coefficient (Wildman–Crippen LogP) is 3.33. The van der Waals surface area contributed by atoms with Gasteiger partial charge in [-0.2, -0.15) is 0 Å².